The Morgan fingerprint density at radius 2 is 2.00 bits per heavy atom. The highest BCUT2D eigenvalue weighted by Gasteiger charge is 2.20. The van der Waals surface area contributed by atoms with E-state index in [0.717, 1.165) is 4.90 Å². The maximum atomic E-state index is 12.8. The number of carbonyl (C=O) groups is 1. The number of nitrogens with two attached hydrogens (primary N) is 1. The van der Waals surface area contributed by atoms with E-state index in [0.29, 0.717) is 10.8 Å². The number of hydrogen-bond donors (Lipinski definition) is 1. The van der Waals surface area contributed by atoms with Crippen LogP contribution >= 0.6 is 11.8 Å². The number of nitrogen functional groups attached to an aromatic ring is 1. The number of carbonyl (C=O) groups excluding carboxylic acids is 1. The molecule has 0 saturated carbocycles. The van der Waals surface area contributed by atoms with Gasteiger partial charge in [-0.2, -0.15) is 13.9 Å². The van der Waals surface area contributed by atoms with Crippen molar-refractivity contribution >= 4 is 23.4 Å². The molecule has 1 aromatic heterocycles. The number of benzene rings is 1. The number of halogens is 2. The molecule has 0 aliphatic carbocycles. The number of rotatable bonds is 7. The summed E-state index contributed by atoms with van der Waals surface area (Å²) in [6, 6.07) is 4.89. The number of esters is 1. The molecular weight excluding hydrogens is 388 g/mol. The van der Waals surface area contributed by atoms with Crippen LogP contribution in [0.2, 0.25) is 0 Å². The second kappa shape index (κ2) is 8.81. The zero-order chi connectivity index (χ0) is 21.1. The number of aromatic nitrogens is 2. The molecule has 2 rings (SSSR count). The Morgan fingerprint density at radius 1 is 1.32 bits per heavy atom. The van der Waals surface area contributed by atoms with Crippen molar-refractivity contribution < 1.29 is 23.0 Å². The number of anilines is 1. The van der Waals surface area contributed by atoms with Gasteiger partial charge in [-0.05, 0) is 39.0 Å². The minimum absolute atomic E-state index is 0.0303. The van der Waals surface area contributed by atoms with Crippen molar-refractivity contribution in [3.63, 3.8) is 0 Å². The summed E-state index contributed by atoms with van der Waals surface area (Å²) in [5.74, 6) is -0.507. The van der Waals surface area contributed by atoms with Gasteiger partial charge < -0.3 is 15.2 Å². The summed E-state index contributed by atoms with van der Waals surface area (Å²) in [6.45, 7) is 6.22. The van der Waals surface area contributed by atoms with E-state index >= 15 is 0 Å². The highest BCUT2D eigenvalue weighted by Crippen LogP contribution is 2.37. The Bertz CT molecular complexity index is 832. The summed E-state index contributed by atoms with van der Waals surface area (Å²) < 4.78 is 36.9. The fourth-order valence-corrected chi connectivity index (χ4v) is 3.35. The predicted octanol–water partition coefficient (Wildman–Crippen LogP) is 4.58. The fraction of sp³-hybridized carbons (Fsp3) is 0.474. The summed E-state index contributed by atoms with van der Waals surface area (Å²) in [6.07, 6.45) is 1.47. The van der Waals surface area contributed by atoms with Crippen molar-refractivity contribution in [1.82, 2.24) is 9.78 Å². The first kappa shape index (κ1) is 22.0. The van der Waals surface area contributed by atoms with Gasteiger partial charge in [0.15, 0.2) is 0 Å². The fourth-order valence-electron chi connectivity index (χ4n) is 2.47. The number of thioether (sulfide) groups is 1. The van der Waals surface area contributed by atoms with E-state index in [-0.39, 0.29) is 23.7 Å². The third kappa shape index (κ3) is 6.40. The van der Waals surface area contributed by atoms with Crippen molar-refractivity contribution in [3.8, 4) is 17.0 Å². The van der Waals surface area contributed by atoms with E-state index in [4.69, 9.17) is 10.5 Å². The largest absolute Gasteiger partial charge is 0.459 e. The second-order valence-electron chi connectivity index (χ2n) is 7.42. The van der Waals surface area contributed by atoms with Gasteiger partial charge in [0.25, 0.3) is 0 Å². The molecule has 0 amide bonds. The van der Waals surface area contributed by atoms with Crippen molar-refractivity contribution in [1.29, 1.82) is 0 Å². The number of alkyl halides is 2. The van der Waals surface area contributed by atoms with Crippen LogP contribution in [0, 0.1) is 0 Å². The average molecular weight is 413 g/mol. The van der Waals surface area contributed by atoms with Crippen LogP contribution in [-0.4, -0.2) is 33.2 Å². The van der Waals surface area contributed by atoms with E-state index in [2.05, 4.69) is 9.84 Å². The molecule has 0 aliphatic rings. The lowest BCUT2D eigenvalue weighted by atomic mass is 10.1. The van der Waals surface area contributed by atoms with Crippen LogP contribution in [-0.2, 0) is 16.1 Å². The SMILES string of the molecule is CC(C)Sc1ccc(OC(F)F)c(-c2nn(CC(=O)OC(C)(C)C)cc2N)c1. The van der Waals surface area contributed by atoms with Gasteiger partial charge >= 0.3 is 12.6 Å². The molecule has 0 fully saturated rings. The lowest BCUT2D eigenvalue weighted by Gasteiger charge is -2.19. The second-order valence-corrected chi connectivity index (χ2v) is 9.07. The Labute approximate surface area is 167 Å². The van der Waals surface area contributed by atoms with Crippen LogP contribution in [0.25, 0.3) is 11.3 Å². The lowest BCUT2D eigenvalue weighted by molar-refractivity contribution is -0.155. The Kier molecular flexibility index (Phi) is 6.92. The first-order valence-electron chi connectivity index (χ1n) is 8.75. The molecule has 1 aromatic carbocycles. The molecule has 2 N–H and O–H groups in total. The molecule has 0 saturated heterocycles. The first-order chi connectivity index (χ1) is 12.9. The smallest absolute Gasteiger partial charge is 0.387 e. The molecule has 9 heteroatoms. The average Bonchev–Trinajstić information content (AvgIpc) is 2.86. The van der Waals surface area contributed by atoms with Gasteiger partial charge in [-0.1, -0.05) is 13.8 Å². The molecule has 0 atom stereocenters. The van der Waals surface area contributed by atoms with Crippen LogP contribution in [0.15, 0.2) is 29.3 Å². The normalized spacial score (nSPS) is 11.9. The van der Waals surface area contributed by atoms with Gasteiger partial charge in [0.2, 0.25) is 0 Å². The van der Waals surface area contributed by atoms with Gasteiger partial charge in [0, 0.05) is 21.9 Å². The molecule has 2 aromatic rings. The molecule has 0 spiro atoms. The molecule has 1 heterocycles. The van der Waals surface area contributed by atoms with Gasteiger partial charge in [0.05, 0.1) is 5.69 Å². The Morgan fingerprint density at radius 3 is 2.57 bits per heavy atom. The summed E-state index contributed by atoms with van der Waals surface area (Å²) in [4.78, 5) is 12.9. The van der Waals surface area contributed by atoms with E-state index in [1.54, 1.807) is 44.7 Å². The quantitative estimate of drug-likeness (QED) is 0.529. The van der Waals surface area contributed by atoms with Crippen LogP contribution in [0.3, 0.4) is 0 Å². The summed E-state index contributed by atoms with van der Waals surface area (Å²) in [7, 11) is 0. The van der Waals surface area contributed by atoms with E-state index < -0.39 is 18.2 Å². The molecule has 0 bridgehead atoms. The molecule has 0 radical (unpaired) electrons. The van der Waals surface area contributed by atoms with Crippen LogP contribution in [0.1, 0.15) is 34.6 Å². The van der Waals surface area contributed by atoms with E-state index in [1.165, 1.54) is 16.9 Å². The Balaban J connectivity index is 2.37. The Hall–Kier alpha value is -2.29. The summed E-state index contributed by atoms with van der Waals surface area (Å²) >= 11 is 1.57. The highest BCUT2D eigenvalue weighted by molar-refractivity contribution is 7.99. The molecule has 0 unspecified atom stereocenters. The third-order valence-corrected chi connectivity index (χ3v) is 4.29. The first-order valence-corrected chi connectivity index (χ1v) is 9.63. The van der Waals surface area contributed by atoms with Crippen LogP contribution < -0.4 is 10.5 Å². The standard InChI is InChI=1S/C19H25F2N3O3S/c1-11(2)28-12-6-7-15(26-18(20)21)13(8-12)17-14(22)9-24(23-17)10-16(25)27-19(3,4)5/h6-9,11,18H,10,22H2,1-5H3. The van der Waals surface area contributed by atoms with Gasteiger partial charge in [-0.25, -0.2) is 0 Å². The maximum absolute atomic E-state index is 12.8. The zero-order valence-electron chi connectivity index (χ0n) is 16.5. The van der Waals surface area contributed by atoms with Crippen LogP contribution in [0.5, 0.6) is 5.75 Å². The topological polar surface area (TPSA) is 79.4 Å². The summed E-state index contributed by atoms with van der Waals surface area (Å²) in [5, 5.41) is 4.60. The monoisotopic (exact) mass is 413 g/mol. The van der Waals surface area contributed by atoms with Gasteiger partial charge in [-0.3, -0.25) is 9.48 Å². The maximum Gasteiger partial charge on any atom is 0.387 e. The summed E-state index contributed by atoms with van der Waals surface area (Å²) in [5.41, 5.74) is 6.27. The van der Waals surface area contributed by atoms with Crippen molar-refractivity contribution in [2.45, 2.75) is 63.5 Å². The van der Waals surface area contributed by atoms with E-state index in [9.17, 15) is 13.6 Å². The van der Waals surface area contributed by atoms with Crippen LogP contribution in [0.4, 0.5) is 14.5 Å². The van der Waals surface area contributed by atoms with E-state index in [1.807, 2.05) is 13.8 Å². The number of nitrogens with zero attached hydrogens (tertiary/aromatic N) is 2. The van der Waals surface area contributed by atoms with Crippen molar-refractivity contribution in [2.75, 3.05) is 5.73 Å². The number of hydrogen-bond acceptors (Lipinski definition) is 6. The molecule has 28 heavy (non-hydrogen) atoms. The lowest BCUT2D eigenvalue weighted by Crippen LogP contribution is -2.26. The molecule has 6 nitrogen and oxygen atoms in total. The van der Waals surface area contributed by atoms with Crippen molar-refractivity contribution in [2.24, 2.45) is 0 Å². The number of ether oxygens (including phenoxy) is 2. The molecule has 0 aliphatic heterocycles. The van der Waals surface area contributed by atoms with Gasteiger partial charge in [-0.15, -0.1) is 11.8 Å². The van der Waals surface area contributed by atoms with Gasteiger partial charge in [0.1, 0.15) is 23.6 Å². The minimum atomic E-state index is -2.98. The predicted molar refractivity (Wildman–Crippen MR) is 106 cm³/mol. The van der Waals surface area contributed by atoms with Crippen molar-refractivity contribution in [3.05, 3.63) is 24.4 Å². The third-order valence-electron chi connectivity index (χ3n) is 3.30. The minimum Gasteiger partial charge on any atom is -0.459 e. The molecular formula is C19H25F2N3O3S. The molecule has 154 valence electrons. The zero-order valence-corrected chi connectivity index (χ0v) is 17.3. The highest BCUT2D eigenvalue weighted by atomic mass is 32.2.